The molecule has 132 valence electrons. The van der Waals surface area contributed by atoms with E-state index in [2.05, 4.69) is 10.3 Å². The summed E-state index contributed by atoms with van der Waals surface area (Å²) < 4.78 is 11.5. The number of carbonyl (C=O) groups is 1. The number of nitrogens with one attached hydrogen (secondary N) is 1. The molecule has 0 saturated heterocycles. The van der Waals surface area contributed by atoms with Crippen molar-refractivity contribution in [2.24, 2.45) is 0 Å². The molecule has 1 N–H and O–H groups in total. The predicted octanol–water partition coefficient (Wildman–Crippen LogP) is 4.04. The summed E-state index contributed by atoms with van der Waals surface area (Å²) in [6, 6.07) is 6.86. The summed E-state index contributed by atoms with van der Waals surface area (Å²) in [5.41, 5.74) is 2.34. The van der Waals surface area contributed by atoms with Crippen LogP contribution in [0.15, 0.2) is 24.3 Å². The Labute approximate surface area is 156 Å². The molecule has 1 aliphatic rings. The maximum atomic E-state index is 12.3. The lowest BCUT2D eigenvalue weighted by Crippen LogP contribution is -2.23. The van der Waals surface area contributed by atoms with Crippen LogP contribution in [0.2, 0.25) is 10.3 Å². The number of ether oxygens (including phenoxy) is 2. The zero-order chi connectivity index (χ0) is 18.0. The number of amides is 1. The van der Waals surface area contributed by atoms with Crippen molar-refractivity contribution in [2.75, 3.05) is 6.61 Å². The Bertz CT molecular complexity index is 791. The number of pyridine rings is 1. The lowest BCUT2D eigenvalue weighted by molar-refractivity contribution is 0.0950. The Kier molecular flexibility index (Phi) is 5.35. The van der Waals surface area contributed by atoms with Gasteiger partial charge < -0.3 is 14.8 Å². The van der Waals surface area contributed by atoms with E-state index in [4.69, 9.17) is 32.7 Å². The van der Waals surface area contributed by atoms with Crippen molar-refractivity contribution < 1.29 is 14.3 Å². The van der Waals surface area contributed by atoms with Crippen LogP contribution in [0.4, 0.5) is 0 Å². The number of carbonyl (C=O) groups excluding carboxylic acids is 1. The van der Waals surface area contributed by atoms with Crippen LogP contribution in [0, 0.1) is 0 Å². The van der Waals surface area contributed by atoms with E-state index in [9.17, 15) is 4.79 Å². The second-order valence-electron chi connectivity index (χ2n) is 5.82. The van der Waals surface area contributed by atoms with Crippen LogP contribution < -0.4 is 14.8 Å². The summed E-state index contributed by atoms with van der Waals surface area (Å²) >= 11 is 11.7. The van der Waals surface area contributed by atoms with Crippen molar-refractivity contribution in [2.45, 2.75) is 32.9 Å². The summed E-state index contributed by atoms with van der Waals surface area (Å²) in [7, 11) is 0. The van der Waals surface area contributed by atoms with Gasteiger partial charge in [0.2, 0.25) is 0 Å². The molecule has 0 unspecified atom stereocenters. The molecule has 0 fully saturated rings. The summed E-state index contributed by atoms with van der Waals surface area (Å²) in [5, 5.41) is 3.20. The molecule has 1 amide bonds. The number of hydrogen-bond donors (Lipinski definition) is 1. The Hall–Kier alpha value is -1.98. The number of nitrogens with zero attached hydrogens (tertiary/aromatic N) is 1. The van der Waals surface area contributed by atoms with Crippen LogP contribution in [0.3, 0.4) is 0 Å². The molecule has 2 aromatic rings. The molecule has 0 aliphatic carbocycles. The third kappa shape index (κ3) is 4.17. The molecule has 1 aliphatic heterocycles. The van der Waals surface area contributed by atoms with E-state index in [1.807, 2.05) is 26.0 Å². The van der Waals surface area contributed by atoms with Crippen LogP contribution in [0.25, 0.3) is 0 Å². The Morgan fingerprint density at radius 2 is 2.04 bits per heavy atom. The van der Waals surface area contributed by atoms with E-state index >= 15 is 0 Å². The second-order valence-corrected chi connectivity index (χ2v) is 6.59. The third-order valence-corrected chi connectivity index (χ3v) is 4.23. The first-order valence-corrected chi connectivity index (χ1v) is 8.78. The molecule has 25 heavy (non-hydrogen) atoms. The first-order chi connectivity index (χ1) is 12.0. The van der Waals surface area contributed by atoms with Gasteiger partial charge in [-0.25, -0.2) is 4.98 Å². The number of halogens is 2. The van der Waals surface area contributed by atoms with Gasteiger partial charge in [0.1, 0.15) is 27.9 Å². The van der Waals surface area contributed by atoms with Crippen molar-refractivity contribution in [3.05, 3.63) is 51.3 Å². The number of hydrogen-bond acceptors (Lipinski definition) is 4. The fraction of sp³-hybridized carbons (Fsp3) is 0.333. The Morgan fingerprint density at radius 1 is 1.32 bits per heavy atom. The third-order valence-electron chi connectivity index (χ3n) is 3.84. The highest BCUT2D eigenvalue weighted by Gasteiger charge is 2.22. The summed E-state index contributed by atoms with van der Waals surface area (Å²) in [4.78, 5) is 16.2. The number of aromatic nitrogens is 1. The van der Waals surface area contributed by atoms with Crippen molar-refractivity contribution in [1.82, 2.24) is 10.3 Å². The van der Waals surface area contributed by atoms with Gasteiger partial charge in [0.15, 0.2) is 0 Å². The van der Waals surface area contributed by atoms with Crippen molar-refractivity contribution in [3.63, 3.8) is 0 Å². The predicted molar refractivity (Wildman–Crippen MR) is 96.8 cm³/mol. The summed E-state index contributed by atoms with van der Waals surface area (Å²) in [6.45, 7) is 4.80. The molecule has 5 nitrogen and oxygen atoms in total. The van der Waals surface area contributed by atoms with Gasteiger partial charge in [0.25, 0.3) is 5.91 Å². The zero-order valence-electron chi connectivity index (χ0n) is 13.9. The smallest absolute Gasteiger partial charge is 0.251 e. The molecule has 0 spiro atoms. The van der Waals surface area contributed by atoms with Gasteiger partial charge in [-0.1, -0.05) is 23.2 Å². The van der Waals surface area contributed by atoms with Gasteiger partial charge in [-0.3, -0.25) is 4.79 Å². The van der Waals surface area contributed by atoms with Crippen LogP contribution in [-0.4, -0.2) is 23.6 Å². The number of fused-ring (bicyclic) bond motifs is 1. The molecule has 0 saturated carbocycles. The molecule has 7 heteroatoms. The van der Waals surface area contributed by atoms with Crippen molar-refractivity contribution >= 4 is 29.1 Å². The molecular formula is C18H18Cl2N2O3. The number of rotatable bonds is 5. The van der Waals surface area contributed by atoms with E-state index in [1.165, 1.54) is 12.1 Å². The minimum atomic E-state index is -0.288. The molecular weight excluding hydrogens is 363 g/mol. The van der Waals surface area contributed by atoms with Crippen molar-refractivity contribution in [3.8, 4) is 11.5 Å². The molecule has 1 aromatic heterocycles. The van der Waals surface area contributed by atoms with Crippen LogP contribution in [0.5, 0.6) is 11.5 Å². The SMILES string of the molecule is CCOc1cc2c(cc1CNC(=O)c1cc(Cl)nc(Cl)c1)O[C@@H](C)C2. The second kappa shape index (κ2) is 7.50. The lowest BCUT2D eigenvalue weighted by Gasteiger charge is -2.13. The van der Waals surface area contributed by atoms with E-state index in [0.717, 1.165) is 29.0 Å². The first-order valence-electron chi connectivity index (χ1n) is 8.02. The number of benzene rings is 1. The van der Waals surface area contributed by atoms with Gasteiger partial charge >= 0.3 is 0 Å². The highest BCUT2D eigenvalue weighted by Crippen LogP contribution is 2.35. The van der Waals surface area contributed by atoms with Gasteiger partial charge in [0.05, 0.1) is 6.61 Å². The highest BCUT2D eigenvalue weighted by molar-refractivity contribution is 6.33. The topological polar surface area (TPSA) is 60.5 Å². The molecule has 1 atom stereocenters. The first kappa shape index (κ1) is 17.8. The largest absolute Gasteiger partial charge is 0.494 e. The van der Waals surface area contributed by atoms with E-state index in [1.54, 1.807) is 0 Å². The average Bonchev–Trinajstić information content (AvgIpc) is 2.90. The maximum Gasteiger partial charge on any atom is 0.251 e. The molecule has 0 bridgehead atoms. The standard InChI is InChI=1S/C18H18Cl2N2O3/c1-3-24-14-5-11-4-10(2)25-15(11)6-13(14)9-21-18(23)12-7-16(19)22-17(20)8-12/h5-8,10H,3-4,9H2,1-2H3,(H,21,23)/t10-/m0/s1. The normalized spacial score (nSPS) is 15.4. The summed E-state index contributed by atoms with van der Waals surface area (Å²) in [5.74, 6) is 1.31. The molecule has 3 rings (SSSR count). The van der Waals surface area contributed by atoms with Crippen LogP contribution >= 0.6 is 23.2 Å². The highest BCUT2D eigenvalue weighted by atomic mass is 35.5. The lowest BCUT2D eigenvalue weighted by atomic mass is 10.1. The Morgan fingerprint density at radius 3 is 2.72 bits per heavy atom. The van der Waals surface area contributed by atoms with Crippen LogP contribution in [-0.2, 0) is 13.0 Å². The molecule has 2 heterocycles. The van der Waals surface area contributed by atoms with Gasteiger partial charge in [-0.05, 0) is 38.1 Å². The van der Waals surface area contributed by atoms with Gasteiger partial charge in [-0.15, -0.1) is 0 Å². The van der Waals surface area contributed by atoms with Crippen molar-refractivity contribution in [1.29, 1.82) is 0 Å². The van der Waals surface area contributed by atoms with E-state index < -0.39 is 0 Å². The average molecular weight is 381 g/mol. The Balaban J connectivity index is 1.78. The minimum absolute atomic E-state index is 0.149. The van der Waals surface area contributed by atoms with Crippen LogP contribution in [0.1, 0.15) is 35.3 Å². The quantitative estimate of drug-likeness (QED) is 0.795. The maximum absolute atomic E-state index is 12.3. The molecule has 1 aromatic carbocycles. The van der Waals surface area contributed by atoms with Gasteiger partial charge in [0, 0.05) is 29.7 Å². The zero-order valence-corrected chi connectivity index (χ0v) is 15.4. The minimum Gasteiger partial charge on any atom is -0.494 e. The monoisotopic (exact) mass is 380 g/mol. The van der Waals surface area contributed by atoms with Gasteiger partial charge in [-0.2, -0.15) is 0 Å². The van der Waals surface area contributed by atoms with E-state index in [0.29, 0.717) is 18.7 Å². The fourth-order valence-corrected chi connectivity index (χ4v) is 3.24. The summed E-state index contributed by atoms with van der Waals surface area (Å²) in [6.07, 6.45) is 1.01. The molecule has 0 radical (unpaired) electrons. The fourth-order valence-electron chi connectivity index (χ4n) is 2.78. The van der Waals surface area contributed by atoms with E-state index in [-0.39, 0.29) is 22.3 Å².